The number of nitrogens with zero attached hydrogens (tertiary/aromatic N) is 1. The molecule has 0 fully saturated rings. The number of H-pyrrole nitrogens is 2. The van der Waals surface area contributed by atoms with Crippen LogP contribution in [-0.4, -0.2) is 27.0 Å². The highest BCUT2D eigenvalue weighted by molar-refractivity contribution is 5.80. The molecule has 0 bridgehead atoms. The van der Waals surface area contributed by atoms with Crippen molar-refractivity contribution in [3.05, 3.63) is 80.5 Å². The summed E-state index contributed by atoms with van der Waals surface area (Å²) in [6, 6.07) is 15.2. The van der Waals surface area contributed by atoms with E-state index in [1.165, 1.54) is 0 Å². The predicted molar refractivity (Wildman–Crippen MR) is 113 cm³/mol. The van der Waals surface area contributed by atoms with Crippen molar-refractivity contribution in [2.75, 3.05) is 6.54 Å². The van der Waals surface area contributed by atoms with E-state index in [1.54, 1.807) is 4.57 Å². The highest BCUT2D eigenvalue weighted by atomic mass is 16.2. The Morgan fingerprint density at radius 1 is 1.03 bits per heavy atom. The van der Waals surface area contributed by atoms with E-state index < -0.39 is 0 Å². The number of fused-ring (bicyclic) bond motifs is 2. The summed E-state index contributed by atoms with van der Waals surface area (Å²) >= 11 is 0. The Morgan fingerprint density at radius 3 is 2.72 bits per heavy atom. The van der Waals surface area contributed by atoms with Gasteiger partial charge in [0.25, 0.3) is 5.56 Å². The number of aromatic amines is 2. The number of amides is 1. The standard InChI is InChI=1S/C22H22N4O3/c1-14-6-7-15-13-16(21(28)24-18(15)12-14)8-9-20(27)23-10-11-26-19-5-3-2-4-17(19)25-22(26)29/h2-7,12-13H,8-11H2,1H3,(H,23,27)(H,24,28)(H,25,29). The van der Waals surface area contributed by atoms with Gasteiger partial charge < -0.3 is 15.3 Å². The van der Waals surface area contributed by atoms with Crippen molar-refractivity contribution in [3.8, 4) is 0 Å². The van der Waals surface area contributed by atoms with Gasteiger partial charge in [-0.1, -0.05) is 24.3 Å². The molecule has 29 heavy (non-hydrogen) atoms. The molecule has 0 radical (unpaired) electrons. The summed E-state index contributed by atoms with van der Waals surface area (Å²) < 4.78 is 1.60. The van der Waals surface area contributed by atoms with Crippen molar-refractivity contribution in [1.82, 2.24) is 19.9 Å². The van der Waals surface area contributed by atoms with Gasteiger partial charge in [-0.05, 0) is 48.6 Å². The van der Waals surface area contributed by atoms with Gasteiger partial charge in [0.2, 0.25) is 5.91 Å². The maximum atomic E-state index is 12.3. The molecule has 0 spiro atoms. The van der Waals surface area contributed by atoms with Gasteiger partial charge in [-0.15, -0.1) is 0 Å². The molecule has 7 heteroatoms. The minimum Gasteiger partial charge on any atom is -0.354 e. The summed E-state index contributed by atoms with van der Waals surface area (Å²) in [5, 5.41) is 3.77. The van der Waals surface area contributed by atoms with Gasteiger partial charge in [0.15, 0.2) is 0 Å². The van der Waals surface area contributed by atoms with E-state index in [0.717, 1.165) is 27.5 Å². The number of hydrogen-bond donors (Lipinski definition) is 3. The fourth-order valence-electron chi connectivity index (χ4n) is 3.52. The first-order valence-corrected chi connectivity index (χ1v) is 9.58. The van der Waals surface area contributed by atoms with Crippen LogP contribution in [0.25, 0.3) is 21.9 Å². The van der Waals surface area contributed by atoms with E-state index in [9.17, 15) is 14.4 Å². The fourth-order valence-corrected chi connectivity index (χ4v) is 3.52. The van der Waals surface area contributed by atoms with E-state index in [0.29, 0.717) is 25.1 Å². The lowest BCUT2D eigenvalue weighted by atomic mass is 10.1. The molecule has 0 atom stereocenters. The number of carbonyl (C=O) groups is 1. The van der Waals surface area contributed by atoms with E-state index >= 15 is 0 Å². The maximum absolute atomic E-state index is 12.3. The van der Waals surface area contributed by atoms with E-state index in [4.69, 9.17) is 0 Å². The van der Waals surface area contributed by atoms with Gasteiger partial charge in [-0.3, -0.25) is 14.2 Å². The second-order valence-corrected chi connectivity index (χ2v) is 7.16. The zero-order chi connectivity index (χ0) is 20.4. The molecule has 0 aliphatic heterocycles. The van der Waals surface area contributed by atoms with Gasteiger partial charge >= 0.3 is 5.69 Å². The van der Waals surface area contributed by atoms with Gasteiger partial charge in [0.1, 0.15) is 0 Å². The molecular weight excluding hydrogens is 368 g/mol. The lowest BCUT2D eigenvalue weighted by Crippen LogP contribution is -2.30. The monoisotopic (exact) mass is 390 g/mol. The Morgan fingerprint density at radius 2 is 1.86 bits per heavy atom. The molecule has 4 aromatic rings. The molecule has 2 aromatic carbocycles. The smallest absolute Gasteiger partial charge is 0.326 e. The summed E-state index contributed by atoms with van der Waals surface area (Å²) in [6.45, 7) is 2.69. The van der Waals surface area contributed by atoms with Gasteiger partial charge in [-0.25, -0.2) is 4.79 Å². The number of carbonyl (C=O) groups excluding carboxylic acids is 1. The molecular formula is C22H22N4O3. The summed E-state index contributed by atoms with van der Waals surface area (Å²) in [5.41, 5.74) is 3.69. The Hall–Kier alpha value is -3.61. The Bertz CT molecular complexity index is 1310. The number of imidazole rings is 1. The van der Waals surface area contributed by atoms with Crippen LogP contribution in [0, 0.1) is 6.92 Å². The Balaban J connectivity index is 1.36. The Labute approximate surface area is 166 Å². The first kappa shape index (κ1) is 18.7. The first-order chi connectivity index (χ1) is 14.0. The van der Waals surface area contributed by atoms with Crippen molar-refractivity contribution in [1.29, 1.82) is 0 Å². The molecule has 0 aliphatic carbocycles. The lowest BCUT2D eigenvalue weighted by Gasteiger charge is -2.07. The van der Waals surface area contributed by atoms with Crippen LogP contribution >= 0.6 is 0 Å². The number of para-hydroxylation sites is 2. The van der Waals surface area contributed by atoms with E-state index in [2.05, 4.69) is 15.3 Å². The van der Waals surface area contributed by atoms with Gasteiger partial charge in [0.05, 0.1) is 11.0 Å². The second kappa shape index (κ2) is 7.79. The quantitative estimate of drug-likeness (QED) is 0.471. The highest BCUT2D eigenvalue weighted by Crippen LogP contribution is 2.13. The van der Waals surface area contributed by atoms with Crippen LogP contribution in [-0.2, 0) is 17.8 Å². The number of rotatable bonds is 6. The maximum Gasteiger partial charge on any atom is 0.326 e. The van der Waals surface area contributed by atoms with Crippen molar-refractivity contribution < 1.29 is 4.79 Å². The van der Waals surface area contributed by atoms with Crippen molar-refractivity contribution in [2.24, 2.45) is 0 Å². The minimum atomic E-state index is -0.196. The lowest BCUT2D eigenvalue weighted by molar-refractivity contribution is -0.121. The number of nitrogens with one attached hydrogen (secondary N) is 3. The number of benzene rings is 2. The van der Waals surface area contributed by atoms with Crippen molar-refractivity contribution >= 4 is 27.8 Å². The molecule has 0 saturated heterocycles. The van der Waals surface area contributed by atoms with Crippen LogP contribution in [0.2, 0.25) is 0 Å². The second-order valence-electron chi connectivity index (χ2n) is 7.16. The molecule has 4 rings (SSSR count). The number of hydrogen-bond acceptors (Lipinski definition) is 3. The average molecular weight is 390 g/mol. The molecule has 0 unspecified atom stereocenters. The zero-order valence-electron chi connectivity index (χ0n) is 16.1. The van der Waals surface area contributed by atoms with Crippen LogP contribution < -0.4 is 16.6 Å². The van der Waals surface area contributed by atoms with Crippen molar-refractivity contribution in [3.63, 3.8) is 0 Å². The molecule has 0 aliphatic rings. The SMILES string of the molecule is Cc1ccc2cc(CCC(=O)NCCn3c(=O)[nH]c4ccccc43)c(=O)[nH]c2c1. The van der Waals surface area contributed by atoms with Crippen molar-refractivity contribution in [2.45, 2.75) is 26.3 Å². The average Bonchev–Trinajstić information content (AvgIpc) is 3.02. The largest absolute Gasteiger partial charge is 0.354 e. The van der Waals surface area contributed by atoms with Crippen LogP contribution in [0.15, 0.2) is 58.1 Å². The molecule has 148 valence electrons. The zero-order valence-corrected chi connectivity index (χ0v) is 16.1. The summed E-state index contributed by atoms with van der Waals surface area (Å²) in [6.07, 6.45) is 0.571. The molecule has 7 nitrogen and oxygen atoms in total. The normalized spacial score (nSPS) is 11.2. The summed E-state index contributed by atoms with van der Waals surface area (Å²) in [7, 11) is 0. The van der Waals surface area contributed by atoms with Gasteiger partial charge in [-0.2, -0.15) is 0 Å². The third-order valence-corrected chi connectivity index (χ3v) is 5.04. The van der Waals surface area contributed by atoms with Crippen LogP contribution in [0.4, 0.5) is 0 Å². The highest BCUT2D eigenvalue weighted by Gasteiger charge is 2.09. The third-order valence-electron chi connectivity index (χ3n) is 5.04. The van der Waals surface area contributed by atoms with Crippen LogP contribution in [0.3, 0.4) is 0 Å². The third kappa shape index (κ3) is 3.99. The predicted octanol–water partition coefficient (Wildman–Crippen LogP) is 2.23. The number of aryl methyl sites for hydroxylation is 2. The molecule has 3 N–H and O–H groups in total. The molecule has 1 amide bonds. The van der Waals surface area contributed by atoms with E-state index in [1.807, 2.05) is 55.5 Å². The molecule has 2 aromatic heterocycles. The Kier molecular flexibility index (Phi) is 5.03. The number of pyridine rings is 1. The van der Waals surface area contributed by atoms with E-state index in [-0.39, 0.29) is 23.6 Å². The van der Waals surface area contributed by atoms with Crippen LogP contribution in [0.1, 0.15) is 17.5 Å². The molecule has 2 heterocycles. The summed E-state index contributed by atoms with van der Waals surface area (Å²) in [5.74, 6) is -0.152. The molecule has 0 saturated carbocycles. The number of aromatic nitrogens is 3. The van der Waals surface area contributed by atoms with Crippen LogP contribution in [0.5, 0.6) is 0 Å². The van der Waals surface area contributed by atoms with Gasteiger partial charge in [0, 0.05) is 30.6 Å². The topological polar surface area (TPSA) is 99.8 Å². The fraction of sp³-hybridized carbons (Fsp3) is 0.227. The summed E-state index contributed by atoms with van der Waals surface area (Å²) in [4.78, 5) is 42.2. The first-order valence-electron chi connectivity index (χ1n) is 9.58. The minimum absolute atomic E-state index is 0.152.